The normalized spacial score (nSPS) is 27.0. The van der Waals surface area contributed by atoms with Crippen LogP contribution in [0.2, 0.25) is 0 Å². The number of hydrogen-bond acceptors (Lipinski definition) is 8. The Balaban J connectivity index is 0.000000174. The number of aliphatic hydroxyl groups excluding tert-OH is 1. The first kappa shape index (κ1) is 40.9. The molecule has 4 bridgehead atoms. The molecule has 0 saturated heterocycles. The van der Waals surface area contributed by atoms with Crippen molar-refractivity contribution >= 4 is 28.3 Å². The van der Waals surface area contributed by atoms with Crippen molar-refractivity contribution in [3.8, 4) is 0 Å². The Morgan fingerprint density at radius 2 is 0.982 bits per heavy atom. The lowest BCUT2D eigenvalue weighted by Crippen LogP contribution is -2.47. The second kappa shape index (κ2) is 15.8. The van der Waals surface area contributed by atoms with Crippen molar-refractivity contribution in [3.63, 3.8) is 0 Å². The molecule has 4 fully saturated rings. The highest BCUT2D eigenvalue weighted by Crippen LogP contribution is 2.57. The van der Waals surface area contributed by atoms with Crippen molar-refractivity contribution < 1.29 is 15.0 Å². The highest BCUT2D eigenvalue weighted by molar-refractivity contribution is 5.76. The molecule has 15 heteroatoms. The van der Waals surface area contributed by atoms with E-state index in [0.717, 1.165) is 95.7 Å². The van der Waals surface area contributed by atoms with E-state index in [-0.39, 0.29) is 45.3 Å². The van der Waals surface area contributed by atoms with Crippen LogP contribution in [-0.4, -0.2) is 61.0 Å². The maximum absolute atomic E-state index is 13.0. The quantitative estimate of drug-likeness (QED) is 0.144. The van der Waals surface area contributed by atoms with Crippen LogP contribution >= 0.6 is 0 Å². The Labute approximate surface area is 331 Å². The van der Waals surface area contributed by atoms with E-state index < -0.39 is 11.4 Å². The summed E-state index contributed by atoms with van der Waals surface area (Å²) in [5.41, 5.74) is -0.602. The fraction of sp³-hybridized carbons (Fsp3) is 0.738. The maximum atomic E-state index is 13.0. The summed E-state index contributed by atoms with van der Waals surface area (Å²) in [6.45, 7) is 9.99. The number of nitrogens with zero attached hydrogens (tertiary/aromatic N) is 6. The first-order valence-electron chi connectivity index (χ1n) is 21.7. The fourth-order valence-corrected chi connectivity index (χ4v) is 11.4. The standard InChI is InChI=1S/C21H30N4O4.C21H32N4O3/c1-3-11-24-15-14(16(26)25(12-4-2)19(24)29)22-17(23-15)20-7-5-9-21(13-20,18(27)28)10-6-8-20;1-3-11-24-16-15(17(27)25(12-4-2)19(24)28)22-18(23-16)21-9-5-7-20(13-21,14-26)8-6-10-21/h3-13H2,1-2H3,(H,22,23)(H,27,28);26H,3-14H2,1-2H3,(H,22,23). The molecule has 4 N–H and O–H groups in total. The lowest BCUT2D eigenvalue weighted by Gasteiger charge is -2.50. The van der Waals surface area contributed by atoms with Gasteiger partial charge in [0.15, 0.2) is 11.3 Å². The van der Waals surface area contributed by atoms with E-state index in [1.54, 1.807) is 9.13 Å². The highest BCUT2D eigenvalue weighted by Gasteiger charge is 2.54. The predicted octanol–water partition coefficient (Wildman–Crippen LogP) is 5.45. The van der Waals surface area contributed by atoms with Gasteiger partial charge in [0.2, 0.25) is 0 Å². The molecule has 4 aliphatic rings. The molecule has 4 aromatic rings. The molecule has 0 aliphatic heterocycles. The maximum Gasteiger partial charge on any atom is 0.332 e. The van der Waals surface area contributed by atoms with Gasteiger partial charge in [0.05, 0.1) is 5.41 Å². The van der Waals surface area contributed by atoms with Gasteiger partial charge in [-0.2, -0.15) is 0 Å². The number of aliphatic carboxylic acids is 1. The van der Waals surface area contributed by atoms with Crippen LogP contribution in [0, 0.1) is 10.8 Å². The number of carboxylic acid groups (broad SMARTS) is 1. The number of imidazole rings is 2. The summed E-state index contributed by atoms with van der Waals surface area (Å²) >= 11 is 0. The number of aliphatic hydroxyl groups is 1. The molecule has 8 rings (SSSR count). The van der Waals surface area contributed by atoms with Gasteiger partial charge < -0.3 is 20.2 Å². The second-order valence-electron chi connectivity index (χ2n) is 17.9. The molecule has 4 aliphatic carbocycles. The Hall–Kier alpha value is -4.27. The summed E-state index contributed by atoms with van der Waals surface area (Å²) in [5.74, 6) is 0.814. The van der Waals surface area contributed by atoms with E-state index in [1.165, 1.54) is 9.13 Å². The lowest BCUT2D eigenvalue weighted by molar-refractivity contribution is -0.155. The molecule has 0 spiro atoms. The number of aromatic amines is 2. The Morgan fingerprint density at radius 1 is 0.596 bits per heavy atom. The Kier molecular flexibility index (Phi) is 11.4. The zero-order valence-electron chi connectivity index (χ0n) is 34.4. The molecule has 0 atom stereocenters. The van der Waals surface area contributed by atoms with E-state index in [0.29, 0.717) is 80.0 Å². The van der Waals surface area contributed by atoms with Gasteiger partial charge in [0.25, 0.3) is 11.1 Å². The van der Waals surface area contributed by atoms with Gasteiger partial charge in [-0.3, -0.25) is 32.7 Å². The smallest absolute Gasteiger partial charge is 0.332 e. The molecule has 312 valence electrons. The van der Waals surface area contributed by atoms with Crippen molar-refractivity contribution in [1.29, 1.82) is 0 Å². The molecule has 15 nitrogen and oxygen atoms in total. The molecule has 0 amide bonds. The van der Waals surface area contributed by atoms with E-state index in [1.807, 2.05) is 27.7 Å². The SMILES string of the molecule is CCCn1c(=O)c2[nH]c(C34CCCC(C(=O)O)(CCC3)C4)nc2n(CCC)c1=O.CCCn1c(=O)c2[nH]c(C34CCCC(CO)(CCC3)C4)nc2n(CCC)c1=O. The Morgan fingerprint density at radius 3 is 1.37 bits per heavy atom. The van der Waals surface area contributed by atoms with E-state index in [2.05, 4.69) is 9.97 Å². The number of hydrogen-bond donors (Lipinski definition) is 4. The third-order valence-corrected chi connectivity index (χ3v) is 14.0. The molecule has 4 saturated carbocycles. The lowest BCUT2D eigenvalue weighted by atomic mass is 9.54. The van der Waals surface area contributed by atoms with Crippen LogP contribution in [-0.2, 0) is 41.8 Å². The fourth-order valence-electron chi connectivity index (χ4n) is 11.4. The zero-order valence-corrected chi connectivity index (χ0v) is 34.4. The summed E-state index contributed by atoms with van der Waals surface area (Å²) in [4.78, 5) is 80.2. The number of fused-ring (bicyclic) bond motifs is 6. The summed E-state index contributed by atoms with van der Waals surface area (Å²) < 4.78 is 5.89. The minimum atomic E-state index is -0.717. The van der Waals surface area contributed by atoms with Crippen LogP contribution < -0.4 is 22.5 Å². The van der Waals surface area contributed by atoms with E-state index in [4.69, 9.17) is 9.97 Å². The second-order valence-corrected chi connectivity index (χ2v) is 17.9. The van der Waals surface area contributed by atoms with Gasteiger partial charge in [0, 0.05) is 43.6 Å². The van der Waals surface area contributed by atoms with Crippen LogP contribution in [0.5, 0.6) is 0 Å². The molecular formula is C42H62N8O7. The third kappa shape index (κ3) is 6.84. The number of nitrogens with one attached hydrogen (secondary N) is 2. The van der Waals surface area contributed by atoms with Gasteiger partial charge >= 0.3 is 17.3 Å². The van der Waals surface area contributed by atoms with Crippen LogP contribution in [0.15, 0.2) is 19.2 Å². The van der Waals surface area contributed by atoms with Gasteiger partial charge in [0.1, 0.15) is 22.7 Å². The molecule has 0 aromatic carbocycles. The number of carboxylic acids is 1. The molecule has 0 unspecified atom stereocenters. The van der Waals surface area contributed by atoms with Crippen molar-refractivity contribution in [2.75, 3.05) is 6.61 Å². The number of rotatable bonds is 12. The summed E-state index contributed by atoms with van der Waals surface area (Å²) in [6, 6.07) is 0. The topological polar surface area (TPSA) is 203 Å². The number of aromatic nitrogens is 8. The van der Waals surface area contributed by atoms with Crippen molar-refractivity contribution in [2.24, 2.45) is 10.8 Å². The van der Waals surface area contributed by atoms with Crippen LogP contribution in [0.3, 0.4) is 0 Å². The molecular weight excluding hydrogens is 729 g/mol. The van der Waals surface area contributed by atoms with Gasteiger partial charge in [-0.25, -0.2) is 19.6 Å². The highest BCUT2D eigenvalue weighted by atomic mass is 16.4. The van der Waals surface area contributed by atoms with Gasteiger partial charge in [-0.05, 0) is 95.3 Å². The van der Waals surface area contributed by atoms with Gasteiger partial charge in [-0.1, -0.05) is 53.4 Å². The van der Waals surface area contributed by atoms with Crippen molar-refractivity contribution in [1.82, 2.24) is 38.2 Å². The number of H-pyrrole nitrogens is 2. The van der Waals surface area contributed by atoms with Crippen LogP contribution in [0.4, 0.5) is 0 Å². The largest absolute Gasteiger partial charge is 0.481 e. The third-order valence-electron chi connectivity index (χ3n) is 14.0. The molecule has 4 aromatic heterocycles. The van der Waals surface area contributed by atoms with Crippen LogP contribution in [0.1, 0.15) is 155 Å². The summed E-state index contributed by atoms with van der Waals surface area (Å²) in [6.07, 6.45) is 15.6. The minimum Gasteiger partial charge on any atom is -0.481 e. The average Bonchev–Trinajstić information content (AvgIpc) is 3.86. The van der Waals surface area contributed by atoms with Gasteiger partial charge in [-0.15, -0.1) is 0 Å². The molecule has 4 heterocycles. The first-order valence-corrected chi connectivity index (χ1v) is 21.7. The van der Waals surface area contributed by atoms with E-state index >= 15 is 0 Å². The summed E-state index contributed by atoms with van der Waals surface area (Å²) in [5, 5.41) is 20.0. The monoisotopic (exact) mass is 790 g/mol. The average molecular weight is 791 g/mol. The minimum absolute atomic E-state index is 0.0129. The van der Waals surface area contributed by atoms with E-state index in [9.17, 15) is 34.2 Å². The Bertz CT molecular complexity index is 2350. The first-order chi connectivity index (χ1) is 27.4. The molecule has 57 heavy (non-hydrogen) atoms. The zero-order chi connectivity index (χ0) is 40.8. The molecule has 0 radical (unpaired) electrons. The van der Waals surface area contributed by atoms with Crippen molar-refractivity contribution in [2.45, 2.75) is 180 Å². The van der Waals surface area contributed by atoms with Crippen molar-refractivity contribution in [3.05, 3.63) is 53.3 Å². The number of aryl methyl sites for hydroxylation is 2. The number of carbonyl (C=O) groups is 1. The predicted molar refractivity (Wildman–Crippen MR) is 218 cm³/mol. The van der Waals surface area contributed by atoms with Crippen LogP contribution in [0.25, 0.3) is 22.3 Å². The summed E-state index contributed by atoms with van der Waals surface area (Å²) in [7, 11) is 0.